The fourth-order valence-electron chi connectivity index (χ4n) is 3.17. The third-order valence-electron chi connectivity index (χ3n) is 4.99. The number of hydrogen-bond acceptors (Lipinski definition) is 1. The molecule has 1 aromatic carbocycles. The molecule has 0 bridgehead atoms. The summed E-state index contributed by atoms with van der Waals surface area (Å²) in [5.74, 6) is 0.732. The van der Waals surface area contributed by atoms with E-state index in [1.165, 1.54) is 11.3 Å². The molecular formula is C20H28FIN4. The van der Waals surface area contributed by atoms with Gasteiger partial charge in [0, 0.05) is 37.9 Å². The standard InChI is InChI=1S/C20H27FN4.HI/c1-4-22-19(25(3)14-18-6-5-13-24(18)2)23-15-20(11-12-20)16-7-9-17(21)10-8-16;/h5-10,13H,4,11-12,14-15H2,1-3H3,(H,22,23);1H. The zero-order chi connectivity index (χ0) is 17.9. The average Bonchev–Trinajstić information content (AvgIpc) is 3.29. The van der Waals surface area contributed by atoms with Crippen molar-refractivity contribution in [2.45, 2.75) is 31.7 Å². The number of rotatable bonds is 6. The van der Waals surface area contributed by atoms with Crippen LogP contribution < -0.4 is 5.32 Å². The van der Waals surface area contributed by atoms with Gasteiger partial charge in [-0.15, -0.1) is 24.0 Å². The third kappa shape index (κ3) is 4.78. The second kappa shape index (κ2) is 8.88. The van der Waals surface area contributed by atoms with Crippen LogP contribution in [0.25, 0.3) is 0 Å². The van der Waals surface area contributed by atoms with E-state index >= 15 is 0 Å². The Morgan fingerprint density at radius 1 is 1.27 bits per heavy atom. The van der Waals surface area contributed by atoms with Crippen molar-refractivity contribution in [2.75, 3.05) is 20.1 Å². The van der Waals surface area contributed by atoms with Crippen molar-refractivity contribution in [3.05, 3.63) is 59.7 Å². The first-order chi connectivity index (χ1) is 12.0. The molecule has 2 aromatic rings. The maximum absolute atomic E-state index is 13.2. The average molecular weight is 470 g/mol. The molecule has 3 rings (SSSR count). The van der Waals surface area contributed by atoms with Gasteiger partial charge in [0.25, 0.3) is 0 Å². The van der Waals surface area contributed by atoms with Crippen molar-refractivity contribution in [2.24, 2.45) is 12.0 Å². The van der Waals surface area contributed by atoms with Crippen LogP contribution in [-0.4, -0.2) is 35.6 Å². The van der Waals surface area contributed by atoms with E-state index in [9.17, 15) is 4.39 Å². The number of aryl methyl sites for hydroxylation is 1. The molecule has 1 heterocycles. The molecule has 26 heavy (non-hydrogen) atoms. The first-order valence-electron chi connectivity index (χ1n) is 8.90. The second-order valence-corrected chi connectivity index (χ2v) is 6.92. The molecule has 142 valence electrons. The largest absolute Gasteiger partial charge is 0.357 e. The Morgan fingerprint density at radius 2 is 1.96 bits per heavy atom. The minimum absolute atomic E-state index is 0. The highest BCUT2D eigenvalue weighted by molar-refractivity contribution is 14.0. The van der Waals surface area contributed by atoms with Gasteiger partial charge in [-0.05, 0) is 49.6 Å². The van der Waals surface area contributed by atoms with Crippen LogP contribution in [0.4, 0.5) is 4.39 Å². The van der Waals surface area contributed by atoms with E-state index in [1.54, 1.807) is 12.1 Å². The van der Waals surface area contributed by atoms with E-state index in [-0.39, 0.29) is 35.2 Å². The summed E-state index contributed by atoms with van der Waals surface area (Å²) in [7, 11) is 4.12. The van der Waals surface area contributed by atoms with E-state index in [0.29, 0.717) is 0 Å². The molecule has 0 spiro atoms. The highest BCUT2D eigenvalue weighted by Crippen LogP contribution is 2.48. The molecule has 0 amide bonds. The van der Waals surface area contributed by atoms with Crippen molar-refractivity contribution in [1.29, 1.82) is 0 Å². The molecule has 1 fully saturated rings. The van der Waals surface area contributed by atoms with Crippen molar-refractivity contribution >= 4 is 29.9 Å². The Hall–Kier alpha value is -1.57. The Balaban J connectivity index is 0.00000243. The van der Waals surface area contributed by atoms with Gasteiger partial charge in [0.1, 0.15) is 5.82 Å². The zero-order valence-corrected chi connectivity index (χ0v) is 18.0. The number of guanidine groups is 1. The molecule has 0 unspecified atom stereocenters. The normalized spacial score (nSPS) is 15.3. The predicted molar refractivity (Wildman–Crippen MR) is 116 cm³/mol. The lowest BCUT2D eigenvalue weighted by molar-refractivity contribution is 0.460. The predicted octanol–water partition coefficient (Wildman–Crippen LogP) is 3.91. The summed E-state index contributed by atoms with van der Waals surface area (Å²) in [4.78, 5) is 7.04. The summed E-state index contributed by atoms with van der Waals surface area (Å²) < 4.78 is 15.3. The maximum atomic E-state index is 13.2. The molecule has 1 aliphatic rings. The van der Waals surface area contributed by atoms with Gasteiger partial charge in [-0.3, -0.25) is 4.99 Å². The molecule has 0 aliphatic heterocycles. The van der Waals surface area contributed by atoms with Gasteiger partial charge in [0.05, 0.1) is 13.1 Å². The molecule has 0 radical (unpaired) electrons. The summed E-state index contributed by atoms with van der Waals surface area (Å²) in [6.45, 7) is 4.45. The van der Waals surface area contributed by atoms with Gasteiger partial charge >= 0.3 is 0 Å². The Labute approximate surface area is 172 Å². The van der Waals surface area contributed by atoms with Crippen molar-refractivity contribution in [3.63, 3.8) is 0 Å². The smallest absolute Gasteiger partial charge is 0.194 e. The molecular weight excluding hydrogens is 442 g/mol. The van der Waals surface area contributed by atoms with Gasteiger partial charge in [-0.2, -0.15) is 0 Å². The van der Waals surface area contributed by atoms with Crippen LogP contribution in [0.1, 0.15) is 31.0 Å². The van der Waals surface area contributed by atoms with Crippen LogP contribution >= 0.6 is 24.0 Å². The third-order valence-corrected chi connectivity index (χ3v) is 4.99. The second-order valence-electron chi connectivity index (χ2n) is 6.92. The van der Waals surface area contributed by atoms with Crippen LogP contribution in [0, 0.1) is 5.82 Å². The van der Waals surface area contributed by atoms with Crippen molar-refractivity contribution in [3.8, 4) is 0 Å². The van der Waals surface area contributed by atoms with Gasteiger partial charge in [-0.1, -0.05) is 12.1 Å². The Kier molecular flexibility index (Phi) is 7.08. The number of halogens is 2. The van der Waals surface area contributed by atoms with E-state index in [4.69, 9.17) is 4.99 Å². The van der Waals surface area contributed by atoms with E-state index in [0.717, 1.165) is 38.4 Å². The minimum atomic E-state index is -0.182. The molecule has 0 saturated heterocycles. The van der Waals surface area contributed by atoms with Crippen LogP contribution in [-0.2, 0) is 19.0 Å². The maximum Gasteiger partial charge on any atom is 0.194 e. The number of hydrogen-bond donors (Lipinski definition) is 1. The van der Waals surface area contributed by atoms with Crippen molar-refractivity contribution in [1.82, 2.24) is 14.8 Å². The molecule has 4 nitrogen and oxygen atoms in total. The molecule has 1 aliphatic carbocycles. The summed E-state index contributed by atoms with van der Waals surface area (Å²) in [5.41, 5.74) is 2.52. The summed E-state index contributed by atoms with van der Waals surface area (Å²) in [6, 6.07) is 11.1. The quantitative estimate of drug-likeness (QED) is 0.395. The topological polar surface area (TPSA) is 32.6 Å². The molecule has 1 saturated carbocycles. The van der Waals surface area contributed by atoms with Gasteiger partial charge in [0.15, 0.2) is 5.96 Å². The van der Waals surface area contributed by atoms with Crippen LogP contribution in [0.3, 0.4) is 0 Å². The number of nitrogens with zero attached hydrogens (tertiary/aromatic N) is 3. The number of aliphatic imine (C=N–C) groups is 1. The summed E-state index contributed by atoms with van der Waals surface area (Å²) in [6.07, 6.45) is 4.28. The van der Waals surface area contributed by atoms with Crippen LogP contribution in [0.5, 0.6) is 0 Å². The zero-order valence-electron chi connectivity index (χ0n) is 15.7. The number of aromatic nitrogens is 1. The Morgan fingerprint density at radius 3 is 2.50 bits per heavy atom. The highest BCUT2D eigenvalue weighted by atomic mass is 127. The molecule has 1 N–H and O–H groups in total. The summed E-state index contributed by atoms with van der Waals surface area (Å²) >= 11 is 0. The van der Waals surface area contributed by atoms with Crippen LogP contribution in [0.15, 0.2) is 47.6 Å². The minimum Gasteiger partial charge on any atom is -0.357 e. The van der Waals surface area contributed by atoms with Gasteiger partial charge < -0.3 is 14.8 Å². The monoisotopic (exact) mass is 470 g/mol. The summed E-state index contributed by atoms with van der Waals surface area (Å²) in [5, 5.41) is 3.38. The lowest BCUT2D eigenvalue weighted by Gasteiger charge is -2.23. The first kappa shape index (κ1) is 20.7. The highest BCUT2D eigenvalue weighted by Gasteiger charge is 2.44. The SMILES string of the molecule is CCNC(=NCC1(c2ccc(F)cc2)CC1)N(C)Cc1cccn1C.I. The fourth-order valence-corrected chi connectivity index (χ4v) is 3.17. The van der Waals surface area contributed by atoms with E-state index in [1.807, 2.05) is 12.1 Å². The number of nitrogens with one attached hydrogen (secondary N) is 1. The molecule has 1 aromatic heterocycles. The van der Waals surface area contributed by atoms with Gasteiger partial charge in [-0.25, -0.2) is 4.39 Å². The van der Waals surface area contributed by atoms with Crippen LogP contribution in [0.2, 0.25) is 0 Å². The fraction of sp³-hybridized carbons (Fsp3) is 0.450. The van der Waals surface area contributed by atoms with Gasteiger partial charge in [0.2, 0.25) is 0 Å². The molecule has 6 heteroatoms. The first-order valence-corrected chi connectivity index (χ1v) is 8.90. The van der Waals surface area contributed by atoms with Crippen molar-refractivity contribution < 1.29 is 4.39 Å². The lowest BCUT2D eigenvalue weighted by Crippen LogP contribution is -2.39. The lowest BCUT2D eigenvalue weighted by atomic mass is 9.96. The number of benzene rings is 1. The van der Waals surface area contributed by atoms with E-state index < -0.39 is 0 Å². The van der Waals surface area contributed by atoms with E-state index in [2.05, 4.69) is 54.1 Å². The Bertz CT molecular complexity index is 735. The molecule has 0 atom stereocenters.